The average molecular weight is 516 g/mol. The predicted octanol–water partition coefficient (Wildman–Crippen LogP) is 4.09. The highest BCUT2D eigenvalue weighted by Gasteiger charge is 2.58. The first-order chi connectivity index (χ1) is 17.2. The molecule has 3 saturated heterocycles. The Hall–Kier alpha value is -1.81. The molecule has 0 unspecified atom stereocenters. The summed E-state index contributed by atoms with van der Waals surface area (Å²) in [5, 5.41) is 0. The fraction of sp³-hybridized carbons (Fsp3) is 0.571. The quantitative estimate of drug-likeness (QED) is 0.524. The largest absolute Gasteiger partial charge is 0.368 e. The van der Waals surface area contributed by atoms with Gasteiger partial charge in [-0.15, -0.1) is 0 Å². The number of benzene rings is 2. The van der Waals surface area contributed by atoms with Crippen molar-refractivity contribution in [3.8, 4) is 0 Å². The number of aryl methyl sites for hydroxylation is 1. The lowest BCUT2D eigenvalue weighted by Gasteiger charge is -2.39. The van der Waals surface area contributed by atoms with E-state index in [0.717, 1.165) is 43.5 Å². The lowest BCUT2D eigenvalue weighted by molar-refractivity contribution is -0.225. The zero-order valence-electron chi connectivity index (χ0n) is 21.3. The number of hydrogen-bond donors (Lipinski definition) is 0. The second-order valence-corrected chi connectivity index (χ2v) is 12.6. The maximum atomic E-state index is 13.6. The van der Waals surface area contributed by atoms with Crippen molar-refractivity contribution in [2.24, 2.45) is 0 Å². The Morgan fingerprint density at radius 2 is 1.69 bits per heavy atom. The van der Waals surface area contributed by atoms with E-state index in [4.69, 9.17) is 18.9 Å². The van der Waals surface area contributed by atoms with Crippen molar-refractivity contribution >= 4 is 9.84 Å². The van der Waals surface area contributed by atoms with Gasteiger partial charge in [-0.05, 0) is 64.4 Å². The molecule has 3 fully saturated rings. The SMILES string of the molecule is Cc1ccc(S(=O)(=O)C[C@@H]([C@H]2O[C@@H]3OC(C)(C)O[C@@H]3[C@@H]2OCc2ccccc2)N2CCCCC2)cc1. The van der Waals surface area contributed by atoms with Crippen molar-refractivity contribution in [1.29, 1.82) is 0 Å². The first-order valence-electron chi connectivity index (χ1n) is 12.9. The standard InChI is InChI=1S/C28H37NO6S/c1-20-12-14-22(15-13-20)36(30,31)19-23(29-16-8-5-9-17-29)24-25(32-18-21-10-6-4-7-11-21)26-27(33-24)35-28(2,3)34-26/h4,6-7,10-15,23-27H,5,8-9,16-19H2,1-3H3/t23-,24+,25+,26+,27+/m0/s1. The number of hydrogen-bond acceptors (Lipinski definition) is 7. The van der Waals surface area contributed by atoms with E-state index >= 15 is 0 Å². The molecule has 3 aliphatic heterocycles. The maximum absolute atomic E-state index is 13.6. The summed E-state index contributed by atoms with van der Waals surface area (Å²) < 4.78 is 52.4. The summed E-state index contributed by atoms with van der Waals surface area (Å²) in [5.74, 6) is -0.835. The molecule has 2 aromatic rings. The first-order valence-corrected chi connectivity index (χ1v) is 14.6. The Balaban J connectivity index is 1.44. The Labute approximate surface area is 214 Å². The Kier molecular flexibility index (Phi) is 7.54. The molecule has 0 aromatic heterocycles. The van der Waals surface area contributed by atoms with Gasteiger partial charge in [-0.2, -0.15) is 0 Å². The number of fused-ring (bicyclic) bond motifs is 1. The average Bonchev–Trinajstić information content (AvgIpc) is 3.34. The van der Waals surface area contributed by atoms with Gasteiger partial charge in [0, 0.05) is 0 Å². The van der Waals surface area contributed by atoms with E-state index in [-0.39, 0.29) is 11.8 Å². The third-order valence-corrected chi connectivity index (χ3v) is 9.09. The van der Waals surface area contributed by atoms with Gasteiger partial charge in [-0.1, -0.05) is 54.4 Å². The van der Waals surface area contributed by atoms with Gasteiger partial charge in [0.25, 0.3) is 0 Å². The number of ether oxygens (including phenoxy) is 4. The molecule has 3 heterocycles. The van der Waals surface area contributed by atoms with Gasteiger partial charge in [0.2, 0.25) is 0 Å². The van der Waals surface area contributed by atoms with E-state index < -0.39 is 40.2 Å². The van der Waals surface area contributed by atoms with Gasteiger partial charge >= 0.3 is 0 Å². The van der Waals surface area contributed by atoms with Crippen molar-refractivity contribution in [2.45, 2.75) is 88.0 Å². The monoisotopic (exact) mass is 515 g/mol. The van der Waals surface area contributed by atoms with Gasteiger partial charge in [0.15, 0.2) is 21.9 Å². The number of piperidine rings is 1. The predicted molar refractivity (Wildman–Crippen MR) is 136 cm³/mol. The highest BCUT2D eigenvalue weighted by Crippen LogP contribution is 2.41. The van der Waals surface area contributed by atoms with Crippen molar-refractivity contribution < 1.29 is 27.4 Å². The molecule has 7 nitrogen and oxygen atoms in total. The molecule has 8 heteroatoms. The van der Waals surface area contributed by atoms with E-state index in [0.29, 0.717) is 11.5 Å². The number of sulfone groups is 1. The van der Waals surface area contributed by atoms with Gasteiger partial charge in [0.05, 0.1) is 23.3 Å². The van der Waals surface area contributed by atoms with Gasteiger partial charge in [-0.3, -0.25) is 4.90 Å². The molecule has 2 aromatic carbocycles. The third-order valence-electron chi connectivity index (χ3n) is 7.32. The molecular weight excluding hydrogens is 478 g/mol. The van der Waals surface area contributed by atoms with Crippen LogP contribution in [0, 0.1) is 6.92 Å². The molecule has 0 spiro atoms. The first kappa shape index (κ1) is 25.8. The normalized spacial score (nSPS) is 29.2. The third kappa shape index (κ3) is 5.69. The molecule has 196 valence electrons. The zero-order valence-corrected chi connectivity index (χ0v) is 22.2. The van der Waals surface area contributed by atoms with Crippen LogP contribution in [0.5, 0.6) is 0 Å². The van der Waals surface area contributed by atoms with Crippen LogP contribution in [-0.4, -0.2) is 68.6 Å². The molecule has 36 heavy (non-hydrogen) atoms. The summed E-state index contributed by atoms with van der Waals surface area (Å²) in [6.07, 6.45) is 1.24. The van der Waals surface area contributed by atoms with E-state index in [1.807, 2.05) is 63.2 Å². The molecule has 0 N–H and O–H groups in total. The lowest BCUT2D eigenvalue weighted by Crippen LogP contribution is -2.54. The molecule has 3 aliphatic rings. The van der Waals surface area contributed by atoms with Gasteiger partial charge < -0.3 is 18.9 Å². The number of likely N-dealkylation sites (tertiary alicyclic amines) is 1. The molecule has 0 amide bonds. The number of rotatable bonds is 8. The minimum atomic E-state index is -3.56. The summed E-state index contributed by atoms with van der Waals surface area (Å²) in [5.41, 5.74) is 2.07. The minimum absolute atomic E-state index is 0.0469. The van der Waals surface area contributed by atoms with Gasteiger partial charge in [-0.25, -0.2) is 8.42 Å². The van der Waals surface area contributed by atoms with Crippen LogP contribution >= 0.6 is 0 Å². The van der Waals surface area contributed by atoms with Crippen LogP contribution in [0.25, 0.3) is 0 Å². The van der Waals surface area contributed by atoms with Crippen LogP contribution in [0.1, 0.15) is 44.2 Å². The van der Waals surface area contributed by atoms with E-state index in [1.165, 1.54) is 0 Å². The molecule has 0 saturated carbocycles. The minimum Gasteiger partial charge on any atom is -0.368 e. The van der Waals surface area contributed by atoms with Crippen LogP contribution in [0.2, 0.25) is 0 Å². The smallest absolute Gasteiger partial charge is 0.190 e. The summed E-state index contributed by atoms with van der Waals surface area (Å²) in [6.45, 7) is 7.73. The van der Waals surface area contributed by atoms with Crippen LogP contribution in [0.4, 0.5) is 0 Å². The molecule has 5 rings (SSSR count). The van der Waals surface area contributed by atoms with Crippen molar-refractivity contribution in [3.05, 3.63) is 65.7 Å². The number of nitrogens with zero attached hydrogens (tertiary/aromatic N) is 1. The summed E-state index contributed by atoms with van der Waals surface area (Å²) in [4.78, 5) is 2.61. The molecule has 0 aliphatic carbocycles. The maximum Gasteiger partial charge on any atom is 0.190 e. The zero-order chi connectivity index (χ0) is 25.3. The van der Waals surface area contributed by atoms with E-state index in [9.17, 15) is 8.42 Å². The summed E-state index contributed by atoms with van der Waals surface area (Å²) >= 11 is 0. The molecule has 0 radical (unpaired) electrons. The van der Waals surface area contributed by atoms with Crippen molar-refractivity contribution in [1.82, 2.24) is 4.90 Å². The highest BCUT2D eigenvalue weighted by atomic mass is 32.2. The Bertz CT molecular complexity index is 1110. The van der Waals surface area contributed by atoms with Crippen LogP contribution < -0.4 is 0 Å². The molecule has 5 atom stereocenters. The fourth-order valence-corrected chi connectivity index (χ4v) is 7.09. The fourth-order valence-electron chi connectivity index (χ4n) is 5.49. The molecular formula is C28H37NO6S. The Morgan fingerprint density at radius 3 is 2.39 bits per heavy atom. The topological polar surface area (TPSA) is 74.3 Å². The van der Waals surface area contributed by atoms with Crippen LogP contribution in [0.15, 0.2) is 59.5 Å². The Morgan fingerprint density at radius 1 is 1.00 bits per heavy atom. The lowest BCUT2D eigenvalue weighted by atomic mass is 10.0. The van der Waals surface area contributed by atoms with Gasteiger partial charge in [0.1, 0.15) is 18.3 Å². The highest BCUT2D eigenvalue weighted by molar-refractivity contribution is 7.91. The van der Waals surface area contributed by atoms with E-state index in [1.54, 1.807) is 12.1 Å². The van der Waals surface area contributed by atoms with Crippen LogP contribution in [0.3, 0.4) is 0 Å². The van der Waals surface area contributed by atoms with E-state index in [2.05, 4.69) is 4.90 Å². The second kappa shape index (κ2) is 10.5. The van der Waals surface area contributed by atoms with Crippen LogP contribution in [-0.2, 0) is 35.4 Å². The summed E-state index contributed by atoms with van der Waals surface area (Å²) in [6, 6.07) is 16.7. The summed E-state index contributed by atoms with van der Waals surface area (Å²) in [7, 11) is -3.56. The second-order valence-electron chi connectivity index (χ2n) is 10.6. The molecule has 0 bridgehead atoms. The van der Waals surface area contributed by atoms with Crippen molar-refractivity contribution in [2.75, 3.05) is 18.8 Å². The van der Waals surface area contributed by atoms with Crippen molar-refractivity contribution in [3.63, 3.8) is 0 Å².